The standard InChI is InChI=1S/C30H23Cl2N3O.ClH/c31-20-14-12-18(13-15-20)30(36)34-21-7-5-6-19(16-21)28-29-27(23-9-2-4-11-26(23)35-29)24(17-33-28)22-8-1-3-10-25(22)32;/h1-16,24,28,33,35H,17H2,(H,34,36);1H. The monoisotopic (exact) mass is 547 g/mol. The van der Waals surface area contributed by atoms with Crippen molar-refractivity contribution in [3.8, 4) is 0 Å². The van der Waals surface area contributed by atoms with E-state index in [2.05, 4.69) is 45.9 Å². The van der Waals surface area contributed by atoms with Gasteiger partial charge in [-0.3, -0.25) is 4.79 Å². The van der Waals surface area contributed by atoms with Gasteiger partial charge in [-0.25, -0.2) is 0 Å². The van der Waals surface area contributed by atoms with Gasteiger partial charge in [-0.15, -0.1) is 12.4 Å². The molecule has 2 unspecified atom stereocenters. The molecule has 186 valence electrons. The second-order valence-corrected chi connectivity index (χ2v) is 9.84. The molecule has 3 N–H and O–H groups in total. The summed E-state index contributed by atoms with van der Waals surface area (Å²) in [5.41, 5.74) is 6.95. The number of rotatable bonds is 4. The first-order valence-electron chi connectivity index (χ1n) is 11.8. The number of hydrogen-bond acceptors (Lipinski definition) is 2. The zero-order chi connectivity index (χ0) is 24.6. The molecular formula is C30H24Cl3N3O. The highest BCUT2D eigenvalue weighted by molar-refractivity contribution is 6.31. The summed E-state index contributed by atoms with van der Waals surface area (Å²) in [7, 11) is 0. The Morgan fingerprint density at radius 1 is 0.865 bits per heavy atom. The lowest BCUT2D eigenvalue weighted by atomic mass is 9.83. The lowest BCUT2D eigenvalue weighted by molar-refractivity contribution is 0.102. The summed E-state index contributed by atoms with van der Waals surface area (Å²) < 4.78 is 0. The minimum absolute atomic E-state index is 0. The van der Waals surface area contributed by atoms with Crippen molar-refractivity contribution in [1.82, 2.24) is 10.3 Å². The average Bonchev–Trinajstić information content (AvgIpc) is 3.29. The second kappa shape index (κ2) is 10.6. The molecule has 1 aliphatic heterocycles. The number of nitrogens with one attached hydrogen (secondary N) is 3. The van der Waals surface area contributed by atoms with Crippen LogP contribution < -0.4 is 10.6 Å². The van der Waals surface area contributed by atoms with Crippen LogP contribution in [0.15, 0.2) is 97.1 Å². The Bertz CT molecular complexity index is 1580. The second-order valence-electron chi connectivity index (χ2n) is 9.00. The molecule has 0 bridgehead atoms. The predicted molar refractivity (Wildman–Crippen MR) is 155 cm³/mol. The Balaban J connectivity index is 0.00000280. The number of aromatic nitrogens is 1. The number of H-pyrrole nitrogens is 1. The van der Waals surface area contributed by atoms with Gasteiger partial charge in [-0.05, 0) is 65.2 Å². The number of para-hydroxylation sites is 1. The topological polar surface area (TPSA) is 56.9 Å². The van der Waals surface area contributed by atoms with Crippen molar-refractivity contribution in [3.05, 3.63) is 135 Å². The lowest BCUT2D eigenvalue weighted by Gasteiger charge is -2.32. The molecule has 2 atom stereocenters. The highest BCUT2D eigenvalue weighted by Gasteiger charge is 2.33. The minimum Gasteiger partial charge on any atom is -0.357 e. The third-order valence-corrected chi connectivity index (χ3v) is 7.40. The van der Waals surface area contributed by atoms with E-state index in [0.29, 0.717) is 10.6 Å². The lowest BCUT2D eigenvalue weighted by Crippen LogP contribution is -2.34. The van der Waals surface area contributed by atoms with E-state index < -0.39 is 0 Å². The van der Waals surface area contributed by atoms with Gasteiger partial charge >= 0.3 is 0 Å². The molecule has 2 heterocycles. The molecule has 0 fully saturated rings. The van der Waals surface area contributed by atoms with Gasteiger partial charge in [-0.1, -0.05) is 71.7 Å². The summed E-state index contributed by atoms with van der Waals surface area (Å²) in [5, 5.41) is 9.31. The van der Waals surface area contributed by atoms with E-state index >= 15 is 0 Å². The van der Waals surface area contributed by atoms with E-state index in [1.807, 2.05) is 42.5 Å². The average molecular weight is 549 g/mol. The molecule has 5 aromatic rings. The molecule has 4 nitrogen and oxygen atoms in total. The number of benzene rings is 4. The molecule has 7 heteroatoms. The predicted octanol–water partition coefficient (Wildman–Crippen LogP) is 7.97. The Kier molecular flexibility index (Phi) is 7.27. The van der Waals surface area contributed by atoms with Gasteiger partial charge < -0.3 is 15.6 Å². The van der Waals surface area contributed by atoms with Crippen LogP contribution in [0.4, 0.5) is 5.69 Å². The number of hydrogen-bond donors (Lipinski definition) is 3. The zero-order valence-corrected chi connectivity index (χ0v) is 22.0. The maximum absolute atomic E-state index is 12.8. The Morgan fingerprint density at radius 3 is 2.43 bits per heavy atom. The summed E-state index contributed by atoms with van der Waals surface area (Å²) in [5.74, 6) is -0.0561. The van der Waals surface area contributed by atoms with Crippen molar-refractivity contribution in [2.24, 2.45) is 0 Å². The van der Waals surface area contributed by atoms with Gasteiger partial charge in [0, 0.05) is 50.4 Å². The number of carbonyl (C=O) groups excluding carboxylic acids is 1. The molecule has 6 rings (SSSR count). The Morgan fingerprint density at radius 2 is 1.62 bits per heavy atom. The van der Waals surface area contributed by atoms with Gasteiger partial charge in [0.05, 0.1) is 6.04 Å². The molecule has 1 aromatic heterocycles. The smallest absolute Gasteiger partial charge is 0.255 e. The number of aromatic amines is 1. The maximum atomic E-state index is 12.8. The van der Waals surface area contributed by atoms with Gasteiger partial charge in [0.2, 0.25) is 0 Å². The highest BCUT2D eigenvalue weighted by Crippen LogP contribution is 2.43. The van der Waals surface area contributed by atoms with E-state index in [1.165, 1.54) is 10.9 Å². The van der Waals surface area contributed by atoms with Crippen molar-refractivity contribution in [2.75, 3.05) is 11.9 Å². The molecule has 0 spiro atoms. The summed E-state index contributed by atoms with van der Waals surface area (Å²) in [6.07, 6.45) is 0. The quantitative estimate of drug-likeness (QED) is 0.213. The van der Waals surface area contributed by atoms with Crippen LogP contribution >= 0.6 is 35.6 Å². The van der Waals surface area contributed by atoms with Crippen LogP contribution in [0.5, 0.6) is 0 Å². The Labute approximate surface area is 231 Å². The molecule has 0 aliphatic carbocycles. The number of carbonyl (C=O) groups is 1. The number of anilines is 1. The van der Waals surface area contributed by atoms with Crippen LogP contribution in [-0.2, 0) is 0 Å². The molecule has 4 aromatic carbocycles. The number of halogens is 3. The van der Waals surface area contributed by atoms with Crippen LogP contribution in [0, 0.1) is 0 Å². The zero-order valence-electron chi connectivity index (χ0n) is 19.7. The third kappa shape index (κ3) is 4.86. The van der Waals surface area contributed by atoms with Crippen LogP contribution in [0.25, 0.3) is 10.9 Å². The van der Waals surface area contributed by atoms with Gasteiger partial charge in [0.25, 0.3) is 5.91 Å². The normalized spacial score (nSPS) is 16.6. The first kappa shape index (κ1) is 25.4. The van der Waals surface area contributed by atoms with Crippen LogP contribution in [-0.4, -0.2) is 17.4 Å². The summed E-state index contributed by atoms with van der Waals surface area (Å²) in [6, 6.07) is 31.2. The van der Waals surface area contributed by atoms with E-state index in [9.17, 15) is 4.79 Å². The molecular weight excluding hydrogens is 525 g/mol. The van der Waals surface area contributed by atoms with Crippen molar-refractivity contribution in [3.63, 3.8) is 0 Å². The van der Waals surface area contributed by atoms with Crippen LogP contribution in [0.1, 0.15) is 44.7 Å². The van der Waals surface area contributed by atoms with Crippen LogP contribution in [0.2, 0.25) is 10.0 Å². The molecule has 37 heavy (non-hydrogen) atoms. The third-order valence-electron chi connectivity index (χ3n) is 6.80. The van der Waals surface area contributed by atoms with Crippen molar-refractivity contribution in [1.29, 1.82) is 0 Å². The largest absolute Gasteiger partial charge is 0.357 e. The first-order valence-corrected chi connectivity index (χ1v) is 12.6. The van der Waals surface area contributed by atoms with E-state index in [4.69, 9.17) is 23.2 Å². The molecule has 0 saturated heterocycles. The molecule has 0 saturated carbocycles. The van der Waals surface area contributed by atoms with E-state index in [0.717, 1.165) is 39.6 Å². The van der Waals surface area contributed by atoms with Crippen LogP contribution in [0.3, 0.4) is 0 Å². The fraction of sp³-hybridized carbons (Fsp3) is 0.100. The van der Waals surface area contributed by atoms with E-state index in [-0.39, 0.29) is 30.3 Å². The first-order chi connectivity index (χ1) is 17.6. The van der Waals surface area contributed by atoms with Gasteiger partial charge in [-0.2, -0.15) is 0 Å². The van der Waals surface area contributed by atoms with Gasteiger partial charge in [0.15, 0.2) is 0 Å². The SMILES string of the molecule is Cl.O=C(Nc1cccc(C2NCC(c3ccccc3Cl)c3c2[nH]c2ccccc32)c1)c1ccc(Cl)cc1. The molecule has 1 amide bonds. The van der Waals surface area contributed by atoms with Gasteiger partial charge in [0.1, 0.15) is 0 Å². The Hall–Kier alpha value is -3.28. The number of amides is 1. The fourth-order valence-corrected chi connectivity index (χ4v) is 5.53. The molecule has 1 aliphatic rings. The summed E-state index contributed by atoms with van der Waals surface area (Å²) in [6.45, 7) is 0.741. The summed E-state index contributed by atoms with van der Waals surface area (Å²) >= 11 is 12.6. The van der Waals surface area contributed by atoms with Crippen molar-refractivity contribution >= 4 is 58.1 Å². The summed E-state index contributed by atoms with van der Waals surface area (Å²) in [4.78, 5) is 16.4. The minimum atomic E-state index is -0.175. The number of fused-ring (bicyclic) bond motifs is 3. The van der Waals surface area contributed by atoms with E-state index in [1.54, 1.807) is 24.3 Å². The van der Waals surface area contributed by atoms with Crippen molar-refractivity contribution < 1.29 is 4.79 Å². The molecule has 0 radical (unpaired) electrons. The van der Waals surface area contributed by atoms with Crippen molar-refractivity contribution in [2.45, 2.75) is 12.0 Å². The maximum Gasteiger partial charge on any atom is 0.255 e. The fourth-order valence-electron chi connectivity index (χ4n) is 5.14. The highest BCUT2D eigenvalue weighted by atomic mass is 35.5.